The van der Waals surface area contributed by atoms with Gasteiger partial charge in [0, 0.05) is 18.0 Å². The molecule has 0 radical (unpaired) electrons. The van der Waals surface area contributed by atoms with Crippen LogP contribution in [0.2, 0.25) is 0 Å². The van der Waals surface area contributed by atoms with Crippen molar-refractivity contribution in [2.75, 3.05) is 18.0 Å². The number of hydrogen-bond acceptors (Lipinski definition) is 3. The van der Waals surface area contributed by atoms with E-state index in [2.05, 4.69) is 46.6 Å². The summed E-state index contributed by atoms with van der Waals surface area (Å²) in [6, 6.07) is 0. The molecule has 1 atom stereocenters. The van der Waals surface area contributed by atoms with Gasteiger partial charge in [-0.1, -0.05) is 13.8 Å². The number of piperidine rings is 1. The first kappa shape index (κ1) is 13.3. The maximum Gasteiger partial charge on any atom is 0.186 e. The zero-order chi connectivity index (χ0) is 12.4. The highest BCUT2D eigenvalue weighted by molar-refractivity contribution is 9.10. The van der Waals surface area contributed by atoms with Gasteiger partial charge in [0.05, 0.1) is 0 Å². The van der Waals surface area contributed by atoms with Gasteiger partial charge in [-0.05, 0) is 54.0 Å². The van der Waals surface area contributed by atoms with E-state index in [1.165, 1.54) is 42.4 Å². The van der Waals surface area contributed by atoms with Gasteiger partial charge in [0.2, 0.25) is 0 Å². The molecule has 0 bridgehead atoms. The summed E-state index contributed by atoms with van der Waals surface area (Å²) in [5, 5.41) is 1.20. The van der Waals surface area contributed by atoms with E-state index in [-0.39, 0.29) is 0 Å². The van der Waals surface area contributed by atoms with Gasteiger partial charge in [-0.25, -0.2) is 4.98 Å². The lowest BCUT2D eigenvalue weighted by atomic mass is 9.90. The van der Waals surface area contributed by atoms with Crippen molar-refractivity contribution in [2.24, 2.45) is 11.8 Å². The van der Waals surface area contributed by atoms with Crippen molar-refractivity contribution >= 4 is 32.4 Å². The number of rotatable bonds is 3. The lowest BCUT2D eigenvalue weighted by molar-refractivity contribution is 0.347. The van der Waals surface area contributed by atoms with Crippen LogP contribution in [0.15, 0.2) is 4.60 Å². The monoisotopic (exact) mass is 316 g/mol. The van der Waals surface area contributed by atoms with Crippen molar-refractivity contribution in [2.45, 2.75) is 40.0 Å². The van der Waals surface area contributed by atoms with Crippen molar-refractivity contribution in [1.29, 1.82) is 0 Å². The van der Waals surface area contributed by atoms with Crippen molar-refractivity contribution in [3.8, 4) is 0 Å². The first-order chi connectivity index (χ1) is 8.06. The number of nitrogens with zero attached hydrogens (tertiary/aromatic N) is 2. The van der Waals surface area contributed by atoms with Crippen LogP contribution < -0.4 is 4.90 Å². The molecule has 2 rings (SSSR count). The maximum atomic E-state index is 4.61. The standard InChI is InChI=1S/C13H21BrN2S/c1-9(2)7-11-5-4-6-16(8-11)13-15-12(14)10(3)17-13/h9,11H,4-8H2,1-3H3/t11-/m0/s1. The highest BCUT2D eigenvalue weighted by Crippen LogP contribution is 2.33. The summed E-state index contributed by atoms with van der Waals surface area (Å²) in [5.41, 5.74) is 0. The first-order valence-electron chi connectivity index (χ1n) is 6.44. The van der Waals surface area contributed by atoms with E-state index in [9.17, 15) is 0 Å². The summed E-state index contributed by atoms with van der Waals surface area (Å²) < 4.78 is 1.02. The van der Waals surface area contributed by atoms with Crippen molar-refractivity contribution in [3.05, 3.63) is 9.48 Å². The fourth-order valence-electron chi connectivity index (χ4n) is 2.60. The predicted octanol–water partition coefficient (Wildman–Crippen LogP) is 4.48. The Morgan fingerprint density at radius 2 is 2.29 bits per heavy atom. The average Bonchev–Trinajstić information content (AvgIpc) is 2.59. The number of halogens is 1. The molecule has 1 aromatic rings. The summed E-state index contributed by atoms with van der Waals surface area (Å²) >= 11 is 5.32. The zero-order valence-electron chi connectivity index (χ0n) is 10.9. The molecule has 0 amide bonds. The molecule has 0 aliphatic carbocycles. The van der Waals surface area contributed by atoms with Gasteiger partial charge < -0.3 is 4.90 Å². The highest BCUT2D eigenvalue weighted by Gasteiger charge is 2.23. The minimum absolute atomic E-state index is 0.810. The van der Waals surface area contributed by atoms with Crippen molar-refractivity contribution in [1.82, 2.24) is 4.98 Å². The Bertz CT molecular complexity index is 356. The van der Waals surface area contributed by atoms with Gasteiger partial charge in [-0.15, -0.1) is 11.3 Å². The summed E-state index contributed by atoms with van der Waals surface area (Å²) in [7, 11) is 0. The van der Waals surface area contributed by atoms with Crippen LogP contribution in [0.4, 0.5) is 5.13 Å². The van der Waals surface area contributed by atoms with E-state index in [1.54, 1.807) is 0 Å². The summed E-state index contributed by atoms with van der Waals surface area (Å²) in [4.78, 5) is 8.36. The second-order valence-electron chi connectivity index (χ2n) is 5.43. The number of aryl methyl sites for hydroxylation is 1. The fraction of sp³-hybridized carbons (Fsp3) is 0.769. The van der Waals surface area contributed by atoms with Crippen LogP contribution >= 0.6 is 27.3 Å². The minimum Gasteiger partial charge on any atom is -0.348 e. The summed E-state index contributed by atoms with van der Waals surface area (Å²) in [6.45, 7) is 9.14. The second-order valence-corrected chi connectivity index (χ2v) is 7.36. The van der Waals surface area contributed by atoms with Gasteiger partial charge >= 0.3 is 0 Å². The Labute approximate surface area is 117 Å². The molecule has 4 heteroatoms. The molecule has 96 valence electrons. The van der Waals surface area contributed by atoms with Crippen molar-refractivity contribution < 1.29 is 0 Å². The zero-order valence-corrected chi connectivity index (χ0v) is 13.3. The lowest BCUT2D eigenvalue weighted by Crippen LogP contribution is -2.35. The lowest BCUT2D eigenvalue weighted by Gasteiger charge is -2.33. The number of aromatic nitrogens is 1. The van der Waals surface area contributed by atoms with E-state index in [4.69, 9.17) is 0 Å². The van der Waals surface area contributed by atoms with E-state index in [0.29, 0.717) is 0 Å². The Hall–Kier alpha value is -0.0900. The Balaban J connectivity index is 2.01. The Morgan fingerprint density at radius 3 is 2.88 bits per heavy atom. The topological polar surface area (TPSA) is 16.1 Å². The SMILES string of the molecule is Cc1sc(N2CCC[C@@H](CC(C)C)C2)nc1Br. The predicted molar refractivity (Wildman–Crippen MR) is 78.9 cm³/mol. The molecule has 0 N–H and O–H groups in total. The highest BCUT2D eigenvalue weighted by atomic mass is 79.9. The molecule has 1 aliphatic rings. The van der Waals surface area contributed by atoms with Crippen LogP contribution in [0, 0.1) is 18.8 Å². The maximum absolute atomic E-state index is 4.61. The number of anilines is 1. The second kappa shape index (κ2) is 5.70. The molecular formula is C13H21BrN2S. The third-order valence-corrected chi connectivity index (χ3v) is 5.39. The van der Waals surface area contributed by atoms with E-state index in [0.717, 1.165) is 16.4 Å². The van der Waals surface area contributed by atoms with Crippen LogP contribution in [-0.4, -0.2) is 18.1 Å². The Kier molecular flexibility index (Phi) is 4.47. The van der Waals surface area contributed by atoms with Crippen LogP contribution in [0.1, 0.15) is 38.0 Å². The van der Waals surface area contributed by atoms with E-state index in [1.807, 2.05) is 11.3 Å². The van der Waals surface area contributed by atoms with Crippen LogP contribution in [0.3, 0.4) is 0 Å². The molecule has 2 heterocycles. The summed E-state index contributed by atoms with van der Waals surface area (Å²) in [6.07, 6.45) is 4.05. The molecule has 0 saturated carbocycles. The third kappa shape index (κ3) is 3.44. The smallest absolute Gasteiger partial charge is 0.186 e. The molecule has 1 aromatic heterocycles. The quantitative estimate of drug-likeness (QED) is 0.817. The van der Waals surface area contributed by atoms with Gasteiger partial charge in [-0.3, -0.25) is 0 Å². The molecule has 1 saturated heterocycles. The molecule has 0 unspecified atom stereocenters. The largest absolute Gasteiger partial charge is 0.348 e. The molecule has 2 nitrogen and oxygen atoms in total. The average molecular weight is 317 g/mol. The molecular weight excluding hydrogens is 296 g/mol. The number of hydrogen-bond donors (Lipinski definition) is 0. The van der Waals surface area contributed by atoms with Gasteiger partial charge in [0.25, 0.3) is 0 Å². The Morgan fingerprint density at radius 1 is 1.53 bits per heavy atom. The third-order valence-electron chi connectivity index (χ3n) is 3.32. The van der Waals surface area contributed by atoms with Crippen molar-refractivity contribution in [3.63, 3.8) is 0 Å². The molecule has 17 heavy (non-hydrogen) atoms. The van der Waals surface area contributed by atoms with E-state index < -0.39 is 0 Å². The normalized spacial score (nSPS) is 21.2. The fourth-order valence-corrected chi connectivity index (χ4v) is 3.96. The molecule has 1 fully saturated rings. The van der Waals surface area contributed by atoms with Crippen LogP contribution in [0.5, 0.6) is 0 Å². The van der Waals surface area contributed by atoms with Crippen LogP contribution in [-0.2, 0) is 0 Å². The molecule has 1 aliphatic heterocycles. The first-order valence-corrected chi connectivity index (χ1v) is 8.05. The molecule has 0 spiro atoms. The van der Waals surface area contributed by atoms with E-state index >= 15 is 0 Å². The summed E-state index contributed by atoms with van der Waals surface area (Å²) in [5.74, 6) is 1.66. The minimum atomic E-state index is 0.810. The van der Waals surface area contributed by atoms with Gasteiger partial charge in [0.1, 0.15) is 4.60 Å². The molecule has 0 aromatic carbocycles. The van der Waals surface area contributed by atoms with Crippen LogP contribution in [0.25, 0.3) is 0 Å². The van der Waals surface area contributed by atoms with Gasteiger partial charge in [-0.2, -0.15) is 0 Å². The number of thiazole rings is 1. The van der Waals surface area contributed by atoms with Gasteiger partial charge in [0.15, 0.2) is 5.13 Å².